The maximum atomic E-state index is 13.3. The quantitative estimate of drug-likeness (QED) is 0.743. The van der Waals surface area contributed by atoms with Gasteiger partial charge in [-0.15, -0.1) is 0 Å². The Morgan fingerprint density at radius 2 is 2.07 bits per heavy atom. The number of likely N-dealkylation sites (N-methyl/N-ethyl adjacent to an activating group) is 1. The molecule has 0 heterocycles. The third kappa shape index (κ3) is 2.55. The average molecular weight is 230 g/mol. The van der Waals surface area contributed by atoms with Gasteiger partial charge in [0.05, 0.1) is 6.04 Å². The number of aldehydes is 1. The van der Waals surface area contributed by atoms with Gasteiger partial charge in [0, 0.05) is 5.02 Å². The molecule has 15 heavy (non-hydrogen) atoms. The fourth-order valence-corrected chi connectivity index (χ4v) is 1.69. The van der Waals surface area contributed by atoms with E-state index < -0.39 is 6.04 Å². The largest absolute Gasteiger partial charge is 0.301 e. The number of benzene rings is 1. The first kappa shape index (κ1) is 12.1. The zero-order valence-corrected chi connectivity index (χ0v) is 9.68. The minimum atomic E-state index is -0.507. The Hall–Kier alpha value is -0.930. The van der Waals surface area contributed by atoms with Crippen molar-refractivity contribution in [2.75, 3.05) is 14.1 Å². The lowest BCUT2D eigenvalue weighted by atomic mass is 10.0. The van der Waals surface area contributed by atoms with Crippen molar-refractivity contribution in [1.29, 1.82) is 0 Å². The van der Waals surface area contributed by atoms with Crippen LogP contribution in [0, 0.1) is 12.7 Å². The molecular weight excluding hydrogens is 217 g/mol. The number of nitrogens with zero attached hydrogens (tertiary/aromatic N) is 1. The summed E-state index contributed by atoms with van der Waals surface area (Å²) in [5.41, 5.74) is 0.979. The van der Waals surface area contributed by atoms with Crippen molar-refractivity contribution in [3.63, 3.8) is 0 Å². The van der Waals surface area contributed by atoms with Crippen molar-refractivity contribution in [3.8, 4) is 0 Å². The molecular formula is C11H13ClFNO. The Morgan fingerprint density at radius 1 is 1.47 bits per heavy atom. The number of hydrogen-bond donors (Lipinski definition) is 0. The second kappa shape index (κ2) is 4.73. The van der Waals surface area contributed by atoms with E-state index in [0.29, 0.717) is 16.1 Å². The Kier molecular flexibility index (Phi) is 3.83. The molecule has 0 radical (unpaired) electrons. The van der Waals surface area contributed by atoms with Gasteiger partial charge in [-0.3, -0.25) is 4.90 Å². The van der Waals surface area contributed by atoms with Crippen LogP contribution < -0.4 is 0 Å². The SMILES string of the molecule is Cc1cc(Cl)c(C(C=O)N(C)C)cc1F. The van der Waals surface area contributed by atoms with Gasteiger partial charge < -0.3 is 4.79 Å². The van der Waals surface area contributed by atoms with Crippen molar-refractivity contribution < 1.29 is 9.18 Å². The normalized spacial score (nSPS) is 12.9. The van der Waals surface area contributed by atoms with Crippen LogP contribution in [0.2, 0.25) is 5.02 Å². The summed E-state index contributed by atoms with van der Waals surface area (Å²) in [5.74, 6) is -0.344. The van der Waals surface area contributed by atoms with Crippen molar-refractivity contribution in [1.82, 2.24) is 4.90 Å². The Morgan fingerprint density at radius 3 is 2.53 bits per heavy atom. The highest BCUT2D eigenvalue weighted by atomic mass is 35.5. The van der Waals surface area contributed by atoms with Crippen molar-refractivity contribution in [3.05, 3.63) is 34.1 Å². The molecule has 0 amide bonds. The molecule has 1 unspecified atom stereocenters. The van der Waals surface area contributed by atoms with Gasteiger partial charge in [0.25, 0.3) is 0 Å². The highest BCUT2D eigenvalue weighted by Gasteiger charge is 2.17. The van der Waals surface area contributed by atoms with Gasteiger partial charge in [0.15, 0.2) is 0 Å². The van der Waals surface area contributed by atoms with Crippen LogP contribution in [0.25, 0.3) is 0 Å². The maximum absolute atomic E-state index is 13.3. The minimum Gasteiger partial charge on any atom is -0.301 e. The van der Waals surface area contributed by atoms with Crippen LogP contribution in [0.1, 0.15) is 17.2 Å². The predicted octanol–water partition coefficient (Wildman–Crippen LogP) is 2.59. The van der Waals surface area contributed by atoms with E-state index in [1.165, 1.54) is 12.1 Å². The van der Waals surface area contributed by atoms with Crippen molar-refractivity contribution in [2.24, 2.45) is 0 Å². The number of carbonyl (C=O) groups excluding carboxylic acids is 1. The van der Waals surface area contributed by atoms with E-state index in [-0.39, 0.29) is 5.82 Å². The molecule has 0 saturated heterocycles. The number of carbonyl (C=O) groups is 1. The monoisotopic (exact) mass is 229 g/mol. The molecule has 0 aliphatic rings. The van der Waals surface area contributed by atoms with E-state index in [9.17, 15) is 9.18 Å². The summed E-state index contributed by atoms with van der Waals surface area (Å²) in [6.45, 7) is 1.64. The van der Waals surface area contributed by atoms with Crippen molar-refractivity contribution >= 4 is 17.9 Å². The van der Waals surface area contributed by atoms with Gasteiger partial charge in [-0.05, 0) is 44.3 Å². The van der Waals surface area contributed by atoms with E-state index in [0.717, 1.165) is 6.29 Å². The third-order valence-electron chi connectivity index (χ3n) is 2.28. The highest BCUT2D eigenvalue weighted by Crippen LogP contribution is 2.27. The Labute approximate surface area is 93.6 Å². The molecule has 82 valence electrons. The van der Waals surface area contributed by atoms with E-state index >= 15 is 0 Å². The summed E-state index contributed by atoms with van der Waals surface area (Å²) >= 11 is 5.97. The lowest BCUT2D eigenvalue weighted by Crippen LogP contribution is -2.21. The molecule has 0 saturated carbocycles. The molecule has 1 atom stereocenters. The second-order valence-electron chi connectivity index (χ2n) is 3.67. The summed E-state index contributed by atoms with van der Waals surface area (Å²) in [6, 6.07) is 2.34. The summed E-state index contributed by atoms with van der Waals surface area (Å²) < 4.78 is 13.3. The minimum absolute atomic E-state index is 0.344. The first-order valence-corrected chi connectivity index (χ1v) is 4.92. The van der Waals surface area contributed by atoms with Gasteiger partial charge in [-0.25, -0.2) is 4.39 Å². The molecule has 0 aromatic heterocycles. The highest BCUT2D eigenvalue weighted by molar-refractivity contribution is 6.31. The molecule has 0 aliphatic heterocycles. The molecule has 0 aliphatic carbocycles. The average Bonchev–Trinajstić information content (AvgIpc) is 2.14. The lowest BCUT2D eigenvalue weighted by Gasteiger charge is -2.20. The van der Waals surface area contributed by atoms with Crippen LogP contribution in [-0.4, -0.2) is 25.3 Å². The molecule has 0 spiro atoms. The predicted molar refractivity (Wildman–Crippen MR) is 58.6 cm³/mol. The van der Waals surface area contributed by atoms with Gasteiger partial charge in [-0.2, -0.15) is 0 Å². The fraction of sp³-hybridized carbons (Fsp3) is 0.364. The van der Waals surface area contributed by atoms with Crippen LogP contribution in [0.15, 0.2) is 12.1 Å². The molecule has 0 bridgehead atoms. The molecule has 0 N–H and O–H groups in total. The van der Waals surface area contributed by atoms with E-state index in [4.69, 9.17) is 11.6 Å². The molecule has 4 heteroatoms. The zero-order chi connectivity index (χ0) is 11.6. The summed E-state index contributed by atoms with van der Waals surface area (Å²) in [4.78, 5) is 12.6. The van der Waals surface area contributed by atoms with Gasteiger partial charge in [0.1, 0.15) is 12.1 Å². The number of rotatable bonds is 3. The number of hydrogen-bond acceptors (Lipinski definition) is 2. The smallest absolute Gasteiger partial charge is 0.141 e. The van der Waals surface area contributed by atoms with E-state index in [1.54, 1.807) is 25.9 Å². The molecule has 2 nitrogen and oxygen atoms in total. The zero-order valence-electron chi connectivity index (χ0n) is 8.92. The molecule has 0 fully saturated rings. The summed E-state index contributed by atoms with van der Waals surface area (Å²) in [6.07, 6.45) is 0.746. The van der Waals surface area contributed by atoms with Crippen LogP contribution in [0.3, 0.4) is 0 Å². The van der Waals surface area contributed by atoms with Crippen LogP contribution in [0.5, 0.6) is 0 Å². The Bertz CT molecular complexity index is 379. The molecule has 1 aromatic carbocycles. The first-order chi connectivity index (χ1) is 6.97. The number of halogens is 2. The standard InChI is InChI=1S/C11H13ClFNO/c1-7-4-9(12)8(5-10(7)13)11(6-15)14(2)3/h4-6,11H,1-3H3. The lowest BCUT2D eigenvalue weighted by molar-refractivity contribution is -0.111. The summed E-state index contributed by atoms with van der Waals surface area (Å²) in [7, 11) is 3.49. The maximum Gasteiger partial charge on any atom is 0.141 e. The number of aryl methyl sites for hydroxylation is 1. The van der Waals surface area contributed by atoms with E-state index in [2.05, 4.69) is 0 Å². The molecule has 1 rings (SSSR count). The van der Waals surface area contributed by atoms with Gasteiger partial charge in [-0.1, -0.05) is 11.6 Å². The van der Waals surface area contributed by atoms with Gasteiger partial charge >= 0.3 is 0 Å². The summed E-state index contributed by atoms with van der Waals surface area (Å²) in [5, 5.41) is 0.416. The second-order valence-corrected chi connectivity index (χ2v) is 4.07. The van der Waals surface area contributed by atoms with Crippen LogP contribution in [-0.2, 0) is 4.79 Å². The van der Waals surface area contributed by atoms with E-state index in [1.807, 2.05) is 0 Å². The van der Waals surface area contributed by atoms with Crippen molar-refractivity contribution in [2.45, 2.75) is 13.0 Å². The van der Waals surface area contributed by atoms with Crippen LogP contribution in [0.4, 0.5) is 4.39 Å². The Balaban J connectivity index is 3.24. The van der Waals surface area contributed by atoms with Gasteiger partial charge in [0.2, 0.25) is 0 Å². The fourth-order valence-electron chi connectivity index (χ4n) is 1.36. The van der Waals surface area contributed by atoms with Crippen LogP contribution >= 0.6 is 11.6 Å². The third-order valence-corrected chi connectivity index (χ3v) is 2.61. The first-order valence-electron chi connectivity index (χ1n) is 4.54. The molecule has 1 aromatic rings. The topological polar surface area (TPSA) is 20.3 Å².